The molecule has 0 saturated heterocycles. The molecule has 3 aromatic rings. The molecule has 0 amide bonds. The fraction of sp³-hybridized carbons (Fsp3) is 0.158. The Hall–Kier alpha value is -2.99. The number of rotatable bonds is 7. The Morgan fingerprint density at radius 3 is 2.64 bits per heavy atom. The normalized spacial score (nSPS) is 13.3. The summed E-state index contributed by atoms with van der Waals surface area (Å²) in [6.07, 6.45) is 2.57. The van der Waals surface area contributed by atoms with Crippen molar-refractivity contribution in [3.63, 3.8) is 0 Å². The third-order valence-electron chi connectivity index (χ3n) is 3.95. The van der Waals surface area contributed by atoms with Crippen LogP contribution in [0, 0.1) is 5.82 Å². The summed E-state index contributed by atoms with van der Waals surface area (Å²) in [7, 11) is 0. The Bertz CT molecular complexity index is 837. The van der Waals surface area contributed by atoms with Crippen LogP contribution < -0.4 is 0 Å². The molecule has 0 aliphatic heterocycles. The van der Waals surface area contributed by atoms with Gasteiger partial charge in [-0.15, -0.1) is 0 Å². The van der Waals surface area contributed by atoms with Crippen molar-refractivity contribution in [2.24, 2.45) is 0 Å². The number of imidazole rings is 1. The maximum Gasteiger partial charge on any atom is 0.307 e. The zero-order chi connectivity index (χ0) is 17.7. The fourth-order valence-corrected chi connectivity index (χ4v) is 2.78. The van der Waals surface area contributed by atoms with Crippen molar-refractivity contribution in [2.75, 3.05) is 0 Å². The average molecular weight is 340 g/mol. The van der Waals surface area contributed by atoms with Gasteiger partial charge in [-0.1, -0.05) is 42.5 Å². The molecule has 1 aromatic heterocycles. The molecule has 1 unspecified atom stereocenters. The third kappa shape index (κ3) is 3.75. The van der Waals surface area contributed by atoms with Crippen LogP contribution in [0.1, 0.15) is 23.2 Å². The van der Waals surface area contributed by atoms with Crippen molar-refractivity contribution in [2.45, 2.75) is 18.6 Å². The van der Waals surface area contributed by atoms with Gasteiger partial charge in [0, 0.05) is 0 Å². The Kier molecular flexibility index (Phi) is 4.90. The number of ether oxygens (including phenoxy) is 1. The van der Waals surface area contributed by atoms with E-state index in [0.717, 1.165) is 5.56 Å². The number of aliphatic carboxylic acids is 1. The van der Waals surface area contributed by atoms with Crippen LogP contribution >= 0.6 is 0 Å². The van der Waals surface area contributed by atoms with Gasteiger partial charge in [-0.2, -0.15) is 0 Å². The van der Waals surface area contributed by atoms with Gasteiger partial charge in [-0.25, -0.2) is 9.37 Å². The number of carboxylic acids is 1. The van der Waals surface area contributed by atoms with Gasteiger partial charge in [0.05, 0.1) is 31.2 Å². The van der Waals surface area contributed by atoms with E-state index in [9.17, 15) is 14.3 Å². The molecule has 2 aromatic carbocycles. The van der Waals surface area contributed by atoms with Crippen molar-refractivity contribution in [1.82, 2.24) is 9.97 Å². The molecular formula is C19H17FN2O3. The smallest absolute Gasteiger partial charge is 0.307 e. The average Bonchev–Trinajstić information content (AvgIpc) is 3.14. The number of nitrogens with zero attached hydrogens (tertiary/aromatic N) is 1. The van der Waals surface area contributed by atoms with Gasteiger partial charge in [0.15, 0.2) is 0 Å². The lowest BCUT2D eigenvalue weighted by molar-refractivity contribution is -0.145. The second-order valence-corrected chi connectivity index (χ2v) is 5.65. The standard InChI is InChI=1S/C19H17FN2O3/c20-16-8-4-7-15(9-16)19(10-18(23)24,17-11-21-13-22-17)25-12-14-5-2-1-3-6-14/h1-9,11,13H,10,12H2,(H,21,22)(H,23,24). The Balaban J connectivity index is 2.06. The summed E-state index contributed by atoms with van der Waals surface area (Å²) in [6.45, 7) is 0.170. The number of nitrogens with one attached hydrogen (secondary N) is 1. The number of carbonyl (C=O) groups is 1. The zero-order valence-corrected chi connectivity index (χ0v) is 13.4. The minimum atomic E-state index is -1.37. The first-order chi connectivity index (χ1) is 12.1. The van der Waals surface area contributed by atoms with Crippen LogP contribution in [-0.2, 0) is 21.7 Å². The van der Waals surface area contributed by atoms with Crippen LogP contribution in [0.4, 0.5) is 4.39 Å². The summed E-state index contributed by atoms with van der Waals surface area (Å²) in [5.74, 6) is -1.53. The second-order valence-electron chi connectivity index (χ2n) is 5.65. The van der Waals surface area contributed by atoms with Gasteiger partial charge < -0.3 is 14.8 Å². The number of aromatic amines is 1. The van der Waals surface area contributed by atoms with E-state index in [4.69, 9.17) is 4.74 Å². The van der Waals surface area contributed by atoms with Gasteiger partial charge in [0.2, 0.25) is 0 Å². The SMILES string of the molecule is O=C(O)CC(OCc1ccccc1)(c1cccc(F)c1)c1cnc[nH]1. The van der Waals surface area contributed by atoms with Crippen molar-refractivity contribution in [3.8, 4) is 0 Å². The molecule has 5 nitrogen and oxygen atoms in total. The number of hydrogen-bond donors (Lipinski definition) is 2. The fourth-order valence-electron chi connectivity index (χ4n) is 2.78. The lowest BCUT2D eigenvalue weighted by atomic mass is 9.87. The molecule has 25 heavy (non-hydrogen) atoms. The van der Waals surface area contributed by atoms with Gasteiger partial charge in [-0.3, -0.25) is 4.79 Å². The molecule has 0 aliphatic carbocycles. The molecule has 2 N–H and O–H groups in total. The number of hydrogen-bond acceptors (Lipinski definition) is 3. The van der Waals surface area contributed by atoms with Gasteiger partial charge >= 0.3 is 5.97 Å². The van der Waals surface area contributed by atoms with Crippen LogP contribution in [0.3, 0.4) is 0 Å². The molecule has 0 aliphatic rings. The summed E-state index contributed by atoms with van der Waals surface area (Å²) in [4.78, 5) is 18.5. The van der Waals surface area contributed by atoms with E-state index >= 15 is 0 Å². The molecule has 128 valence electrons. The molecule has 0 radical (unpaired) electrons. The van der Waals surface area contributed by atoms with Gasteiger partial charge in [0.1, 0.15) is 11.4 Å². The highest BCUT2D eigenvalue weighted by atomic mass is 19.1. The topological polar surface area (TPSA) is 75.2 Å². The molecule has 3 rings (SSSR count). The lowest BCUT2D eigenvalue weighted by Crippen LogP contribution is -2.34. The monoisotopic (exact) mass is 340 g/mol. The lowest BCUT2D eigenvalue weighted by Gasteiger charge is -2.32. The summed E-state index contributed by atoms with van der Waals surface area (Å²) in [6, 6.07) is 15.2. The molecule has 0 saturated carbocycles. The Morgan fingerprint density at radius 1 is 1.20 bits per heavy atom. The molecule has 0 bridgehead atoms. The first-order valence-corrected chi connectivity index (χ1v) is 7.75. The minimum Gasteiger partial charge on any atom is -0.481 e. The zero-order valence-electron chi connectivity index (χ0n) is 13.4. The highest BCUT2D eigenvalue weighted by Gasteiger charge is 2.40. The molecule has 0 spiro atoms. The van der Waals surface area contributed by atoms with Crippen molar-refractivity contribution < 1.29 is 19.0 Å². The van der Waals surface area contributed by atoms with Crippen molar-refractivity contribution in [1.29, 1.82) is 0 Å². The molecule has 6 heteroatoms. The first-order valence-electron chi connectivity index (χ1n) is 7.75. The Morgan fingerprint density at radius 2 is 2.00 bits per heavy atom. The molecule has 0 fully saturated rings. The first kappa shape index (κ1) is 16.9. The Labute approximate surface area is 144 Å². The summed E-state index contributed by atoms with van der Waals surface area (Å²) >= 11 is 0. The quantitative estimate of drug-likeness (QED) is 0.690. The number of H-pyrrole nitrogens is 1. The van der Waals surface area contributed by atoms with Crippen LogP contribution in [0.25, 0.3) is 0 Å². The highest BCUT2D eigenvalue weighted by Crippen LogP contribution is 2.37. The van der Waals surface area contributed by atoms with Gasteiger partial charge in [0.25, 0.3) is 0 Å². The van der Waals surface area contributed by atoms with E-state index in [1.807, 2.05) is 30.3 Å². The van der Waals surface area contributed by atoms with Crippen LogP contribution in [0.5, 0.6) is 0 Å². The van der Waals surface area contributed by atoms with E-state index in [1.54, 1.807) is 6.07 Å². The predicted molar refractivity (Wildman–Crippen MR) is 89.3 cm³/mol. The molecule has 1 heterocycles. The van der Waals surface area contributed by atoms with E-state index in [0.29, 0.717) is 11.3 Å². The second kappa shape index (κ2) is 7.27. The molecular weight excluding hydrogens is 323 g/mol. The number of carboxylic acid groups (broad SMARTS) is 1. The number of aromatic nitrogens is 2. The number of benzene rings is 2. The van der Waals surface area contributed by atoms with Crippen LogP contribution in [0.15, 0.2) is 67.1 Å². The van der Waals surface area contributed by atoms with Crippen LogP contribution in [0.2, 0.25) is 0 Å². The van der Waals surface area contributed by atoms with Crippen molar-refractivity contribution in [3.05, 3.63) is 89.8 Å². The van der Waals surface area contributed by atoms with Crippen LogP contribution in [-0.4, -0.2) is 21.0 Å². The van der Waals surface area contributed by atoms with E-state index < -0.39 is 17.4 Å². The summed E-state index contributed by atoms with van der Waals surface area (Å²) in [5, 5.41) is 9.47. The minimum absolute atomic E-state index is 0.170. The summed E-state index contributed by atoms with van der Waals surface area (Å²) < 4.78 is 19.9. The van der Waals surface area contributed by atoms with Gasteiger partial charge in [-0.05, 0) is 23.3 Å². The highest BCUT2D eigenvalue weighted by molar-refractivity contribution is 5.69. The predicted octanol–water partition coefficient (Wildman–Crippen LogP) is 3.48. The van der Waals surface area contributed by atoms with E-state index in [1.165, 1.54) is 30.7 Å². The van der Waals surface area contributed by atoms with E-state index in [-0.39, 0.29) is 13.0 Å². The third-order valence-corrected chi connectivity index (χ3v) is 3.95. The number of halogens is 1. The largest absolute Gasteiger partial charge is 0.481 e. The van der Waals surface area contributed by atoms with E-state index in [2.05, 4.69) is 9.97 Å². The maximum absolute atomic E-state index is 13.8. The molecule has 1 atom stereocenters. The van der Waals surface area contributed by atoms with Crippen molar-refractivity contribution >= 4 is 5.97 Å². The summed E-state index contributed by atoms with van der Waals surface area (Å²) in [5.41, 5.74) is 0.375. The maximum atomic E-state index is 13.8.